The second kappa shape index (κ2) is 13.7. The Kier molecular flexibility index (Phi) is 10.1. The molecule has 2 atom stereocenters. The van der Waals surface area contributed by atoms with Crippen LogP contribution < -0.4 is 9.21 Å². The Balaban J connectivity index is 1.82. The van der Waals surface area contributed by atoms with Gasteiger partial charge in [-0.25, -0.2) is 17.5 Å². The van der Waals surface area contributed by atoms with E-state index in [9.17, 15) is 23.1 Å². The highest BCUT2D eigenvalue weighted by Crippen LogP contribution is 2.39. The third-order valence-corrected chi connectivity index (χ3v) is 8.11. The number of hydrogen-bond acceptors (Lipinski definition) is 7. The van der Waals surface area contributed by atoms with Crippen LogP contribution in [-0.2, 0) is 36.5 Å². The molecule has 11 heteroatoms. The minimum absolute atomic E-state index is 0.112. The van der Waals surface area contributed by atoms with E-state index < -0.39 is 35.0 Å². The van der Waals surface area contributed by atoms with Gasteiger partial charge in [0.2, 0.25) is 10.9 Å². The molecular formula is C31H31ClN2O7S. The predicted octanol–water partition coefficient (Wildman–Crippen LogP) is 5.89. The van der Waals surface area contributed by atoms with Gasteiger partial charge in [-0.3, -0.25) is 4.79 Å². The van der Waals surface area contributed by atoms with Crippen LogP contribution in [-0.4, -0.2) is 45.7 Å². The van der Waals surface area contributed by atoms with Crippen LogP contribution >= 0.6 is 11.6 Å². The molecule has 0 aromatic heterocycles. The van der Waals surface area contributed by atoms with E-state index in [1.807, 2.05) is 54.3 Å². The molecule has 0 bridgehead atoms. The highest BCUT2D eigenvalue weighted by Gasteiger charge is 2.25. The number of esters is 1. The molecule has 42 heavy (non-hydrogen) atoms. The summed E-state index contributed by atoms with van der Waals surface area (Å²) in [6.45, 7) is 2.18. The average molecular weight is 611 g/mol. The summed E-state index contributed by atoms with van der Waals surface area (Å²) in [6, 6.07) is 24.2. The van der Waals surface area contributed by atoms with Crippen molar-refractivity contribution in [2.75, 3.05) is 23.4 Å². The van der Waals surface area contributed by atoms with Crippen LogP contribution in [0.25, 0.3) is 10.8 Å². The molecule has 0 amide bonds. The minimum Gasteiger partial charge on any atom is -0.481 e. The summed E-state index contributed by atoms with van der Waals surface area (Å²) < 4.78 is 36.6. The van der Waals surface area contributed by atoms with Crippen molar-refractivity contribution in [2.45, 2.75) is 32.0 Å². The fourth-order valence-corrected chi connectivity index (χ4v) is 5.81. The molecule has 4 aromatic rings. The number of hydrogen-bond donors (Lipinski definition) is 2. The van der Waals surface area contributed by atoms with Crippen molar-refractivity contribution < 1.29 is 32.6 Å². The third kappa shape index (κ3) is 6.67. The lowest BCUT2D eigenvalue weighted by Crippen LogP contribution is -2.34. The molecule has 9 nitrogen and oxygen atoms in total. The largest absolute Gasteiger partial charge is 0.481 e. The molecule has 1 N–H and O–H groups in total. The van der Waals surface area contributed by atoms with E-state index in [1.165, 1.54) is 18.5 Å². The molecular weight excluding hydrogens is 580 g/mol. The summed E-state index contributed by atoms with van der Waals surface area (Å²) in [4.78, 5) is 25.7. The molecule has 0 saturated heterocycles. The van der Waals surface area contributed by atoms with E-state index in [1.54, 1.807) is 42.5 Å². The summed E-state index contributed by atoms with van der Waals surface area (Å²) in [6.07, 6.45) is -1.06. The number of thiol groups is 1. The molecule has 0 radical (unpaired) electrons. The lowest BCUT2D eigenvalue weighted by Gasteiger charge is -2.33. The van der Waals surface area contributed by atoms with Gasteiger partial charge in [0.25, 0.3) is 0 Å². The number of carboxylic acid groups (broad SMARTS) is 1. The number of nitrogens with zero attached hydrogens (tertiary/aromatic N) is 2. The molecule has 0 aliphatic carbocycles. The van der Waals surface area contributed by atoms with Crippen molar-refractivity contribution in [1.29, 1.82) is 0 Å². The Morgan fingerprint density at radius 2 is 1.48 bits per heavy atom. The number of carboxylic acids is 1. The van der Waals surface area contributed by atoms with E-state index in [4.69, 9.17) is 21.1 Å². The molecule has 0 spiro atoms. The van der Waals surface area contributed by atoms with Gasteiger partial charge in [-0.05, 0) is 48.4 Å². The number of halogens is 1. The van der Waals surface area contributed by atoms with Crippen LogP contribution in [0, 0.1) is 0 Å². The number of fused-ring (bicyclic) bond motifs is 1. The van der Waals surface area contributed by atoms with Crippen molar-refractivity contribution in [1.82, 2.24) is 0 Å². The predicted molar refractivity (Wildman–Crippen MR) is 164 cm³/mol. The fraction of sp³-hybridized carbons (Fsp3) is 0.226. The Labute approximate surface area is 250 Å². The van der Waals surface area contributed by atoms with Crippen molar-refractivity contribution >= 4 is 62.3 Å². The van der Waals surface area contributed by atoms with Crippen molar-refractivity contribution in [3.05, 3.63) is 101 Å². The monoisotopic (exact) mass is 610 g/mol. The summed E-state index contributed by atoms with van der Waals surface area (Å²) in [5, 5.41) is 11.5. The van der Waals surface area contributed by atoms with Crippen LogP contribution in [0.1, 0.15) is 30.6 Å². The minimum atomic E-state index is -3.13. The van der Waals surface area contributed by atoms with E-state index in [0.29, 0.717) is 33.9 Å². The standard InChI is InChI=1S/C31H31ClN2O7S/c1-20(18-29(35)36)33(19-22-8-4-7-11-26(22)32)27-16-17-28(25-10-6-5-9-24(25)27)34(42(38)39)23-14-12-21(13-15-23)30(40-2)31(37)41-3/h4-17,20,30,42H,18-19H2,1-3H3,(H,35,36)/t20-,30?/m0/s1. The van der Waals surface area contributed by atoms with Crippen molar-refractivity contribution in [3.8, 4) is 0 Å². The second-order valence-electron chi connectivity index (χ2n) is 9.60. The molecule has 0 heterocycles. The van der Waals surface area contributed by atoms with Crippen molar-refractivity contribution in [3.63, 3.8) is 0 Å². The number of carbonyl (C=O) groups excluding carboxylic acids is 1. The lowest BCUT2D eigenvalue weighted by atomic mass is 10.0. The first kappa shape index (κ1) is 30.8. The Morgan fingerprint density at radius 1 is 0.881 bits per heavy atom. The van der Waals surface area contributed by atoms with E-state index in [2.05, 4.69) is 0 Å². The Morgan fingerprint density at radius 3 is 2.05 bits per heavy atom. The summed E-state index contributed by atoms with van der Waals surface area (Å²) >= 11 is 6.47. The van der Waals surface area contributed by atoms with Crippen LogP contribution in [0.5, 0.6) is 0 Å². The maximum Gasteiger partial charge on any atom is 0.339 e. The van der Waals surface area contributed by atoms with Crippen LogP contribution in [0.3, 0.4) is 0 Å². The fourth-order valence-electron chi connectivity index (χ4n) is 4.94. The van der Waals surface area contributed by atoms with Gasteiger partial charge in [0.1, 0.15) is 0 Å². The molecule has 0 aliphatic heterocycles. The molecule has 0 aliphatic rings. The molecule has 0 saturated carbocycles. The van der Waals surface area contributed by atoms with Crippen LogP contribution in [0.2, 0.25) is 5.02 Å². The van der Waals surface area contributed by atoms with Crippen molar-refractivity contribution in [2.24, 2.45) is 0 Å². The third-order valence-electron chi connectivity index (χ3n) is 6.97. The smallest absolute Gasteiger partial charge is 0.339 e. The molecule has 4 aromatic carbocycles. The van der Waals surface area contributed by atoms with Gasteiger partial charge in [-0.1, -0.05) is 66.2 Å². The van der Waals surface area contributed by atoms with Gasteiger partial charge in [0.05, 0.1) is 24.9 Å². The first-order valence-electron chi connectivity index (χ1n) is 13.0. The quantitative estimate of drug-likeness (QED) is 0.151. The van der Waals surface area contributed by atoms with E-state index in [-0.39, 0.29) is 6.42 Å². The zero-order chi connectivity index (χ0) is 30.4. The van der Waals surface area contributed by atoms with Crippen LogP contribution in [0.4, 0.5) is 17.1 Å². The van der Waals surface area contributed by atoms with E-state index >= 15 is 0 Å². The zero-order valence-electron chi connectivity index (χ0n) is 23.3. The summed E-state index contributed by atoms with van der Waals surface area (Å²) in [7, 11) is -0.477. The molecule has 4 rings (SSSR count). The maximum atomic E-state index is 12.7. The number of methoxy groups -OCH3 is 2. The summed E-state index contributed by atoms with van der Waals surface area (Å²) in [5.74, 6) is -1.51. The highest BCUT2D eigenvalue weighted by molar-refractivity contribution is 7.74. The average Bonchev–Trinajstić information content (AvgIpc) is 2.97. The number of anilines is 3. The molecule has 220 valence electrons. The number of aliphatic carboxylic acids is 1. The zero-order valence-corrected chi connectivity index (χ0v) is 24.9. The number of ether oxygens (including phenoxy) is 2. The first-order valence-corrected chi connectivity index (χ1v) is 14.6. The van der Waals surface area contributed by atoms with Gasteiger partial charge in [-0.2, -0.15) is 0 Å². The first-order chi connectivity index (χ1) is 20.2. The Hall–Kier alpha value is -4.12. The molecule has 1 unspecified atom stereocenters. The maximum absolute atomic E-state index is 12.7. The Bertz CT molecular complexity index is 1650. The SMILES string of the molecule is COC(=O)C(OC)c1ccc(N(c2ccc(N(Cc3ccccc3Cl)[C@@H](C)CC(=O)O)c3ccccc23)[SH](=O)=O)cc1. The van der Waals surface area contributed by atoms with E-state index in [0.717, 1.165) is 16.6 Å². The van der Waals surface area contributed by atoms with Gasteiger partial charge < -0.3 is 19.5 Å². The van der Waals surface area contributed by atoms with Crippen LogP contribution in [0.15, 0.2) is 84.9 Å². The van der Waals surface area contributed by atoms with Gasteiger partial charge in [-0.15, -0.1) is 0 Å². The van der Waals surface area contributed by atoms with Gasteiger partial charge in [0.15, 0.2) is 6.10 Å². The normalized spacial score (nSPS) is 12.6. The topological polar surface area (TPSA) is 113 Å². The second-order valence-corrected chi connectivity index (χ2v) is 10.9. The summed E-state index contributed by atoms with van der Waals surface area (Å²) in [5.41, 5.74) is 2.85. The van der Waals surface area contributed by atoms with Gasteiger partial charge in [0, 0.05) is 41.2 Å². The van der Waals surface area contributed by atoms with Gasteiger partial charge >= 0.3 is 11.9 Å². The lowest BCUT2D eigenvalue weighted by molar-refractivity contribution is -0.152. The molecule has 0 fully saturated rings. The number of benzene rings is 4. The number of rotatable bonds is 12. The highest BCUT2D eigenvalue weighted by atomic mass is 35.5. The number of carbonyl (C=O) groups is 2.